The van der Waals surface area contributed by atoms with E-state index in [0.29, 0.717) is 12.1 Å². The van der Waals surface area contributed by atoms with Gasteiger partial charge in [-0.1, -0.05) is 20.3 Å². The first-order valence-electron chi connectivity index (χ1n) is 7.59. The van der Waals surface area contributed by atoms with Crippen LogP contribution in [0.3, 0.4) is 0 Å². The molecule has 0 bridgehead atoms. The molecule has 0 spiro atoms. The van der Waals surface area contributed by atoms with Gasteiger partial charge in [-0.25, -0.2) is 0 Å². The van der Waals surface area contributed by atoms with Crippen LogP contribution in [0, 0.1) is 17.8 Å². The summed E-state index contributed by atoms with van der Waals surface area (Å²) < 4.78 is 6.01. The Kier molecular flexibility index (Phi) is 5.05. The molecule has 1 heterocycles. The van der Waals surface area contributed by atoms with Gasteiger partial charge in [0.2, 0.25) is 0 Å². The lowest BCUT2D eigenvalue weighted by molar-refractivity contribution is -0.0542. The van der Waals surface area contributed by atoms with Crippen LogP contribution in [0.4, 0.5) is 0 Å². The van der Waals surface area contributed by atoms with Crippen molar-refractivity contribution < 1.29 is 4.74 Å². The molecule has 2 aliphatic rings. The van der Waals surface area contributed by atoms with E-state index in [1.165, 1.54) is 19.3 Å². The summed E-state index contributed by atoms with van der Waals surface area (Å²) in [5, 5.41) is 3.55. The zero-order valence-corrected chi connectivity index (χ0v) is 12.5. The number of ether oxygens (including phenoxy) is 1. The van der Waals surface area contributed by atoms with Crippen LogP contribution >= 0.6 is 0 Å². The Bertz CT molecular complexity index is 259. The molecule has 1 N–H and O–H groups in total. The molecule has 0 aromatic heterocycles. The fourth-order valence-electron chi connectivity index (χ4n) is 3.67. The second-order valence-corrected chi connectivity index (χ2v) is 6.51. The van der Waals surface area contributed by atoms with Gasteiger partial charge in [0.25, 0.3) is 0 Å². The van der Waals surface area contributed by atoms with Crippen LogP contribution in [-0.2, 0) is 4.74 Å². The first-order valence-corrected chi connectivity index (χ1v) is 7.59. The molecular formula is C15H30N2O. The second kappa shape index (κ2) is 6.36. The topological polar surface area (TPSA) is 24.5 Å². The molecule has 0 radical (unpaired) electrons. The summed E-state index contributed by atoms with van der Waals surface area (Å²) in [4.78, 5) is 2.40. The number of morpholine rings is 1. The highest BCUT2D eigenvalue weighted by molar-refractivity contribution is 4.90. The van der Waals surface area contributed by atoms with Crippen molar-refractivity contribution in [1.82, 2.24) is 10.2 Å². The summed E-state index contributed by atoms with van der Waals surface area (Å²) in [7, 11) is 4.30. The first kappa shape index (κ1) is 14.3. The van der Waals surface area contributed by atoms with E-state index in [2.05, 4.69) is 38.2 Å². The van der Waals surface area contributed by atoms with E-state index in [9.17, 15) is 0 Å². The van der Waals surface area contributed by atoms with Crippen LogP contribution in [0.15, 0.2) is 0 Å². The standard InChI is InChI=1S/C15H30N2O/c1-11-5-6-13(9-12(11)2)15(16-3)14-10-17(4)7-8-18-14/h11-16H,5-10H2,1-4H3. The average Bonchev–Trinajstić information content (AvgIpc) is 2.35. The first-order chi connectivity index (χ1) is 8.61. The van der Waals surface area contributed by atoms with Crippen LogP contribution in [0.2, 0.25) is 0 Å². The third-order valence-corrected chi connectivity index (χ3v) is 5.18. The van der Waals surface area contributed by atoms with Crippen LogP contribution in [-0.4, -0.2) is 50.8 Å². The SMILES string of the molecule is CNC(C1CCC(C)C(C)C1)C1CN(C)CCO1. The fourth-order valence-corrected chi connectivity index (χ4v) is 3.67. The number of hydrogen-bond donors (Lipinski definition) is 1. The van der Waals surface area contributed by atoms with Gasteiger partial charge in [0, 0.05) is 19.1 Å². The highest BCUT2D eigenvalue weighted by Gasteiger charge is 2.35. The minimum absolute atomic E-state index is 0.374. The molecule has 18 heavy (non-hydrogen) atoms. The highest BCUT2D eigenvalue weighted by Crippen LogP contribution is 2.36. The van der Waals surface area contributed by atoms with Gasteiger partial charge in [-0.15, -0.1) is 0 Å². The molecule has 1 saturated carbocycles. The average molecular weight is 254 g/mol. The third kappa shape index (κ3) is 3.25. The summed E-state index contributed by atoms with van der Waals surface area (Å²) in [6, 6.07) is 0.530. The Hall–Kier alpha value is -0.120. The maximum absolute atomic E-state index is 6.01. The van der Waals surface area contributed by atoms with Crippen molar-refractivity contribution in [3.8, 4) is 0 Å². The quantitative estimate of drug-likeness (QED) is 0.833. The molecule has 2 fully saturated rings. The van der Waals surface area contributed by atoms with Crippen LogP contribution in [0.5, 0.6) is 0 Å². The van der Waals surface area contributed by atoms with Crippen molar-refractivity contribution in [3.63, 3.8) is 0 Å². The minimum Gasteiger partial charge on any atom is -0.374 e. The van der Waals surface area contributed by atoms with Crippen molar-refractivity contribution >= 4 is 0 Å². The molecule has 1 aliphatic carbocycles. The van der Waals surface area contributed by atoms with Crippen LogP contribution in [0.1, 0.15) is 33.1 Å². The lowest BCUT2D eigenvalue weighted by Gasteiger charge is -2.42. The number of nitrogens with zero attached hydrogens (tertiary/aromatic N) is 1. The molecule has 0 amide bonds. The van der Waals surface area contributed by atoms with E-state index < -0.39 is 0 Å². The smallest absolute Gasteiger partial charge is 0.0857 e. The molecule has 5 unspecified atom stereocenters. The highest BCUT2D eigenvalue weighted by atomic mass is 16.5. The predicted molar refractivity (Wildman–Crippen MR) is 75.8 cm³/mol. The Balaban J connectivity index is 1.95. The van der Waals surface area contributed by atoms with Gasteiger partial charge in [-0.2, -0.15) is 0 Å². The van der Waals surface area contributed by atoms with Gasteiger partial charge >= 0.3 is 0 Å². The molecule has 3 nitrogen and oxygen atoms in total. The molecule has 0 aromatic rings. The summed E-state index contributed by atoms with van der Waals surface area (Å²) in [6.07, 6.45) is 4.48. The predicted octanol–water partition coefficient (Wildman–Crippen LogP) is 1.98. The minimum atomic E-state index is 0.374. The number of hydrogen-bond acceptors (Lipinski definition) is 3. The van der Waals surface area contributed by atoms with Gasteiger partial charge in [0.05, 0.1) is 12.7 Å². The van der Waals surface area contributed by atoms with Gasteiger partial charge in [0.15, 0.2) is 0 Å². The Labute approximate surface area is 112 Å². The molecule has 2 rings (SSSR count). The molecule has 1 saturated heterocycles. The zero-order chi connectivity index (χ0) is 13.1. The molecule has 5 atom stereocenters. The molecular weight excluding hydrogens is 224 g/mol. The summed E-state index contributed by atoms with van der Waals surface area (Å²) >= 11 is 0. The fraction of sp³-hybridized carbons (Fsp3) is 1.00. The number of nitrogens with one attached hydrogen (secondary N) is 1. The normalized spacial score (nSPS) is 40.7. The Morgan fingerprint density at radius 1 is 1.22 bits per heavy atom. The third-order valence-electron chi connectivity index (χ3n) is 5.18. The molecule has 1 aliphatic heterocycles. The molecule has 0 aromatic carbocycles. The lowest BCUT2D eigenvalue weighted by atomic mass is 9.72. The van der Waals surface area contributed by atoms with Gasteiger partial charge < -0.3 is 15.0 Å². The van der Waals surface area contributed by atoms with E-state index in [0.717, 1.165) is 37.5 Å². The summed E-state index contributed by atoms with van der Waals surface area (Å²) in [5.74, 6) is 2.55. The van der Waals surface area contributed by atoms with Crippen molar-refractivity contribution in [2.75, 3.05) is 33.8 Å². The zero-order valence-electron chi connectivity index (χ0n) is 12.5. The number of likely N-dealkylation sites (N-methyl/N-ethyl adjacent to an activating group) is 2. The van der Waals surface area contributed by atoms with Crippen molar-refractivity contribution in [3.05, 3.63) is 0 Å². The van der Waals surface area contributed by atoms with Gasteiger partial charge in [0.1, 0.15) is 0 Å². The Morgan fingerprint density at radius 3 is 2.61 bits per heavy atom. The van der Waals surface area contributed by atoms with E-state index in [4.69, 9.17) is 4.74 Å². The summed E-state index contributed by atoms with van der Waals surface area (Å²) in [5.41, 5.74) is 0. The second-order valence-electron chi connectivity index (χ2n) is 6.51. The van der Waals surface area contributed by atoms with Crippen molar-refractivity contribution in [2.24, 2.45) is 17.8 Å². The Morgan fingerprint density at radius 2 is 2.00 bits per heavy atom. The van der Waals surface area contributed by atoms with Gasteiger partial charge in [-0.3, -0.25) is 0 Å². The van der Waals surface area contributed by atoms with Crippen molar-refractivity contribution in [2.45, 2.75) is 45.3 Å². The molecule has 3 heteroatoms. The maximum Gasteiger partial charge on any atom is 0.0857 e. The monoisotopic (exact) mass is 254 g/mol. The van der Waals surface area contributed by atoms with E-state index in [1.54, 1.807) is 0 Å². The van der Waals surface area contributed by atoms with Crippen molar-refractivity contribution in [1.29, 1.82) is 0 Å². The van der Waals surface area contributed by atoms with E-state index >= 15 is 0 Å². The van der Waals surface area contributed by atoms with Crippen LogP contribution in [0.25, 0.3) is 0 Å². The largest absolute Gasteiger partial charge is 0.374 e. The maximum atomic E-state index is 6.01. The van der Waals surface area contributed by atoms with E-state index in [1.807, 2.05) is 0 Å². The van der Waals surface area contributed by atoms with E-state index in [-0.39, 0.29) is 0 Å². The van der Waals surface area contributed by atoms with Gasteiger partial charge in [-0.05, 0) is 44.7 Å². The summed E-state index contributed by atoms with van der Waals surface area (Å²) in [6.45, 7) is 7.85. The lowest BCUT2D eigenvalue weighted by Crippen LogP contribution is -2.54. The van der Waals surface area contributed by atoms with Crippen LogP contribution < -0.4 is 5.32 Å². The number of rotatable bonds is 3. The molecule has 106 valence electrons.